The van der Waals surface area contributed by atoms with Crippen LogP contribution >= 0.6 is 34.5 Å². The lowest BCUT2D eigenvalue weighted by Crippen LogP contribution is -2.16. The Hall–Kier alpha value is -1.03. The molecule has 110 valence electrons. The van der Waals surface area contributed by atoms with Crippen molar-refractivity contribution < 1.29 is 4.79 Å². The van der Waals surface area contributed by atoms with Gasteiger partial charge < -0.3 is 5.32 Å². The molecule has 0 bridgehead atoms. The molecule has 1 aliphatic rings. The van der Waals surface area contributed by atoms with E-state index in [0.717, 1.165) is 24.8 Å². The van der Waals surface area contributed by atoms with Crippen molar-refractivity contribution in [3.63, 3.8) is 0 Å². The molecule has 1 aromatic heterocycles. The highest BCUT2D eigenvalue weighted by atomic mass is 35.5. The summed E-state index contributed by atoms with van der Waals surface area (Å²) in [6.07, 6.45) is 3.19. The minimum Gasteiger partial charge on any atom is -0.321 e. The molecule has 0 saturated carbocycles. The minimum absolute atomic E-state index is 0.105. The quantitative estimate of drug-likeness (QED) is 0.776. The van der Waals surface area contributed by atoms with Crippen LogP contribution in [0.15, 0.2) is 23.6 Å². The SMILES string of the molecule is C[C@H]1CCc2c(C(=O)Nc3cccc(Cl)c3Cl)csc2C1. The van der Waals surface area contributed by atoms with Crippen molar-refractivity contribution in [2.45, 2.75) is 26.2 Å². The van der Waals surface area contributed by atoms with Crippen molar-refractivity contribution in [3.8, 4) is 0 Å². The Labute approximate surface area is 138 Å². The number of benzene rings is 1. The zero-order valence-corrected chi connectivity index (χ0v) is 13.9. The number of halogens is 2. The normalized spacial score (nSPS) is 17.4. The summed E-state index contributed by atoms with van der Waals surface area (Å²) < 4.78 is 0. The number of fused-ring (bicyclic) bond motifs is 1. The molecule has 1 atom stereocenters. The maximum absolute atomic E-state index is 12.5. The predicted octanol–water partition coefficient (Wildman–Crippen LogP) is 5.43. The predicted molar refractivity (Wildman–Crippen MR) is 89.9 cm³/mol. The molecule has 21 heavy (non-hydrogen) atoms. The number of hydrogen-bond donors (Lipinski definition) is 1. The zero-order chi connectivity index (χ0) is 15.0. The summed E-state index contributed by atoms with van der Waals surface area (Å²) in [5.41, 5.74) is 2.53. The maximum atomic E-state index is 12.5. The first-order chi connectivity index (χ1) is 10.1. The summed E-state index contributed by atoms with van der Waals surface area (Å²) in [5.74, 6) is 0.598. The van der Waals surface area contributed by atoms with E-state index < -0.39 is 0 Å². The molecule has 1 aliphatic carbocycles. The Morgan fingerprint density at radius 1 is 1.38 bits per heavy atom. The second kappa shape index (κ2) is 5.99. The Kier molecular flexibility index (Phi) is 4.25. The minimum atomic E-state index is -0.105. The van der Waals surface area contributed by atoms with Gasteiger partial charge in [0, 0.05) is 10.3 Å². The molecule has 0 spiro atoms. The number of carbonyl (C=O) groups excluding carboxylic acids is 1. The molecule has 0 unspecified atom stereocenters. The number of amides is 1. The molecule has 1 aromatic carbocycles. The highest BCUT2D eigenvalue weighted by Gasteiger charge is 2.23. The molecular weight excluding hydrogens is 325 g/mol. The standard InChI is InChI=1S/C16H15Cl2NOS/c1-9-5-6-10-11(8-21-14(10)7-9)16(20)19-13-4-2-3-12(17)15(13)18/h2-4,8-9H,5-7H2,1H3,(H,19,20)/t9-/m0/s1. The van der Waals surface area contributed by atoms with Crippen LogP contribution in [0.4, 0.5) is 5.69 Å². The molecule has 0 radical (unpaired) electrons. The summed E-state index contributed by atoms with van der Waals surface area (Å²) in [4.78, 5) is 13.8. The topological polar surface area (TPSA) is 29.1 Å². The lowest BCUT2D eigenvalue weighted by molar-refractivity contribution is 0.102. The first-order valence-corrected chi connectivity index (χ1v) is 8.54. The third-order valence-corrected chi connectivity index (χ3v) is 5.72. The van der Waals surface area contributed by atoms with Crippen LogP contribution in [0.25, 0.3) is 0 Å². The smallest absolute Gasteiger partial charge is 0.256 e. The van der Waals surface area contributed by atoms with Gasteiger partial charge in [-0.1, -0.05) is 36.2 Å². The number of carbonyl (C=O) groups is 1. The number of nitrogens with one attached hydrogen (secondary N) is 1. The van der Waals surface area contributed by atoms with Crippen LogP contribution in [0.1, 0.15) is 34.1 Å². The second-order valence-corrected chi connectivity index (χ2v) is 7.20. The highest BCUT2D eigenvalue weighted by molar-refractivity contribution is 7.10. The van der Waals surface area contributed by atoms with Crippen molar-refractivity contribution in [2.24, 2.45) is 5.92 Å². The van der Waals surface area contributed by atoms with Crippen LogP contribution in [-0.4, -0.2) is 5.91 Å². The van der Waals surface area contributed by atoms with E-state index in [-0.39, 0.29) is 5.91 Å². The second-order valence-electron chi connectivity index (χ2n) is 5.45. The number of anilines is 1. The van der Waals surface area contributed by atoms with Crippen molar-refractivity contribution in [1.82, 2.24) is 0 Å². The number of rotatable bonds is 2. The van der Waals surface area contributed by atoms with Gasteiger partial charge in [0.25, 0.3) is 5.91 Å². The van der Waals surface area contributed by atoms with Gasteiger partial charge in [-0.25, -0.2) is 0 Å². The van der Waals surface area contributed by atoms with Gasteiger partial charge in [-0.2, -0.15) is 0 Å². The fourth-order valence-electron chi connectivity index (χ4n) is 2.66. The van der Waals surface area contributed by atoms with Crippen LogP contribution in [0.3, 0.4) is 0 Å². The summed E-state index contributed by atoms with van der Waals surface area (Å²) in [6, 6.07) is 5.23. The highest BCUT2D eigenvalue weighted by Crippen LogP contribution is 2.34. The fraction of sp³-hybridized carbons (Fsp3) is 0.312. The Balaban J connectivity index is 1.85. The van der Waals surface area contributed by atoms with Gasteiger partial charge in [-0.05, 0) is 42.9 Å². The van der Waals surface area contributed by atoms with E-state index in [2.05, 4.69) is 12.2 Å². The molecule has 5 heteroatoms. The summed E-state index contributed by atoms with van der Waals surface area (Å²) in [7, 11) is 0. The van der Waals surface area contributed by atoms with E-state index in [1.54, 1.807) is 29.5 Å². The van der Waals surface area contributed by atoms with Crippen molar-refractivity contribution >= 4 is 46.1 Å². The molecule has 1 N–H and O–H groups in total. The Morgan fingerprint density at radius 3 is 3.00 bits per heavy atom. The first-order valence-electron chi connectivity index (χ1n) is 6.91. The van der Waals surface area contributed by atoms with Gasteiger partial charge in [0.15, 0.2) is 0 Å². The molecule has 2 aromatic rings. The van der Waals surface area contributed by atoms with Crippen molar-refractivity contribution in [3.05, 3.63) is 49.6 Å². The zero-order valence-electron chi connectivity index (χ0n) is 11.6. The van der Waals surface area contributed by atoms with Crippen molar-refractivity contribution in [2.75, 3.05) is 5.32 Å². The molecule has 0 aliphatic heterocycles. The number of hydrogen-bond acceptors (Lipinski definition) is 2. The molecule has 0 fully saturated rings. The van der Waals surface area contributed by atoms with E-state index in [9.17, 15) is 4.79 Å². The average molecular weight is 340 g/mol. The first kappa shape index (κ1) is 14.9. The molecule has 0 saturated heterocycles. The molecular formula is C16H15Cl2NOS. The van der Waals surface area contributed by atoms with Crippen LogP contribution in [0.5, 0.6) is 0 Å². The van der Waals surface area contributed by atoms with Gasteiger partial charge in [0.1, 0.15) is 0 Å². The monoisotopic (exact) mass is 339 g/mol. The Bertz CT molecular complexity index is 696. The lowest BCUT2D eigenvalue weighted by Gasteiger charge is -2.19. The lowest BCUT2D eigenvalue weighted by atomic mass is 9.88. The molecule has 1 heterocycles. The van der Waals surface area contributed by atoms with Gasteiger partial charge in [0.05, 0.1) is 21.3 Å². The van der Waals surface area contributed by atoms with E-state index >= 15 is 0 Å². The van der Waals surface area contributed by atoms with Crippen molar-refractivity contribution in [1.29, 1.82) is 0 Å². The Morgan fingerprint density at radius 2 is 2.19 bits per heavy atom. The van der Waals surface area contributed by atoms with E-state index in [0.29, 0.717) is 21.7 Å². The summed E-state index contributed by atoms with van der Waals surface area (Å²) in [6.45, 7) is 2.26. The third kappa shape index (κ3) is 2.96. The summed E-state index contributed by atoms with van der Waals surface area (Å²) >= 11 is 13.8. The average Bonchev–Trinajstić information content (AvgIpc) is 2.86. The maximum Gasteiger partial charge on any atom is 0.256 e. The largest absolute Gasteiger partial charge is 0.321 e. The summed E-state index contributed by atoms with van der Waals surface area (Å²) in [5, 5.41) is 5.64. The van der Waals surface area contributed by atoms with Crippen LogP contribution in [-0.2, 0) is 12.8 Å². The molecule has 2 nitrogen and oxygen atoms in total. The fourth-order valence-corrected chi connectivity index (χ4v) is 4.25. The third-order valence-electron chi connectivity index (χ3n) is 3.85. The molecule has 3 rings (SSSR count). The van der Waals surface area contributed by atoms with Gasteiger partial charge in [-0.15, -0.1) is 11.3 Å². The number of thiophene rings is 1. The van der Waals surface area contributed by atoms with Gasteiger partial charge in [-0.3, -0.25) is 4.79 Å². The van der Waals surface area contributed by atoms with Crippen LogP contribution in [0, 0.1) is 5.92 Å². The van der Waals surface area contributed by atoms with E-state index in [1.807, 2.05) is 5.38 Å². The van der Waals surface area contributed by atoms with Gasteiger partial charge >= 0.3 is 0 Å². The molecule has 1 amide bonds. The van der Waals surface area contributed by atoms with Crippen LogP contribution in [0.2, 0.25) is 10.0 Å². The van der Waals surface area contributed by atoms with Crippen LogP contribution < -0.4 is 5.32 Å². The van der Waals surface area contributed by atoms with E-state index in [1.165, 1.54) is 10.4 Å². The van der Waals surface area contributed by atoms with E-state index in [4.69, 9.17) is 23.2 Å². The van der Waals surface area contributed by atoms with Gasteiger partial charge in [0.2, 0.25) is 0 Å².